The summed E-state index contributed by atoms with van der Waals surface area (Å²) in [5, 5.41) is 3.91. The van der Waals surface area contributed by atoms with Crippen LogP contribution in [0.25, 0.3) is 0 Å². The summed E-state index contributed by atoms with van der Waals surface area (Å²) in [4.78, 5) is 36.3. The van der Waals surface area contributed by atoms with Crippen LogP contribution in [0.15, 0.2) is 29.5 Å². The summed E-state index contributed by atoms with van der Waals surface area (Å²) in [7, 11) is 0. The molecule has 4 atom stereocenters. The van der Waals surface area contributed by atoms with Crippen LogP contribution < -0.4 is 5.32 Å². The molecule has 6 nitrogen and oxygen atoms in total. The molecule has 2 amide bonds. The third-order valence-corrected chi connectivity index (χ3v) is 8.72. The highest BCUT2D eigenvalue weighted by molar-refractivity contribution is 8.16. The molecule has 1 aromatic rings. The van der Waals surface area contributed by atoms with Gasteiger partial charge in [-0.1, -0.05) is 18.2 Å². The van der Waals surface area contributed by atoms with Crippen LogP contribution in [-0.4, -0.2) is 50.7 Å². The molecule has 4 fully saturated rings. The van der Waals surface area contributed by atoms with Crippen LogP contribution in [0.5, 0.6) is 0 Å². The third-order valence-electron chi connectivity index (χ3n) is 7.51. The van der Waals surface area contributed by atoms with Crippen LogP contribution in [0.2, 0.25) is 0 Å². The molecular weight excluding hydrogens is 396 g/mol. The number of likely N-dealkylation sites (tertiary alicyclic amines) is 1. The molecule has 3 heterocycles. The van der Waals surface area contributed by atoms with Gasteiger partial charge in [0, 0.05) is 31.0 Å². The summed E-state index contributed by atoms with van der Waals surface area (Å²) in [6, 6.07) is 3.95. The summed E-state index contributed by atoms with van der Waals surface area (Å²) in [6.07, 6.45) is 11.2. The number of hydrogen-bond acceptors (Lipinski definition) is 5. The molecule has 2 aliphatic heterocycles. The Balaban J connectivity index is 1.16. The van der Waals surface area contributed by atoms with E-state index in [0.29, 0.717) is 17.5 Å². The highest BCUT2D eigenvalue weighted by atomic mass is 32.2. The quantitative estimate of drug-likeness (QED) is 0.800. The molecular formula is C23H30N4O2S. The lowest BCUT2D eigenvalue weighted by Crippen LogP contribution is -2.41. The Morgan fingerprint density at radius 3 is 2.67 bits per heavy atom. The molecule has 2 bridgehead atoms. The number of rotatable bonds is 4. The number of carbonyl (C=O) groups excluding carboxylic acids is 2. The van der Waals surface area contributed by atoms with E-state index < -0.39 is 4.75 Å². The van der Waals surface area contributed by atoms with Crippen molar-refractivity contribution in [3.63, 3.8) is 0 Å². The second-order valence-electron chi connectivity index (χ2n) is 9.64. The maximum Gasteiger partial charge on any atom is 0.253 e. The Bertz CT molecular complexity index is 852. The van der Waals surface area contributed by atoms with Crippen molar-refractivity contribution in [2.45, 2.75) is 62.7 Å². The van der Waals surface area contributed by atoms with E-state index in [-0.39, 0.29) is 11.8 Å². The highest BCUT2D eigenvalue weighted by Crippen LogP contribution is 2.47. The van der Waals surface area contributed by atoms with Crippen LogP contribution in [0.3, 0.4) is 0 Å². The van der Waals surface area contributed by atoms with Gasteiger partial charge < -0.3 is 10.2 Å². The van der Waals surface area contributed by atoms with Crippen molar-refractivity contribution in [1.82, 2.24) is 15.2 Å². The number of thioether (sulfide) groups is 1. The first-order valence-corrected chi connectivity index (χ1v) is 12.1. The minimum Gasteiger partial charge on any atom is -0.339 e. The number of hydrogen-bond donors (Lipinski definition) is 1. The van der Waals surface area contributed by atoms with Crippen molar-refractivity contribution in [2.75, 3.05) is 13.1 Å². The van der Waals surface area contributed by atoms with E-state index in [2.05, 4.69) is 17.2 Å². The van der Waals surface area contributed by atoms with Crippen LogP contribution >= 0.6 is 11.8 Å². The number of nitrogens with one attached hydrogen (secondary N) is 1. The zero-order chi connectivity index (χ0) is 20.7. The third kappa shape index (κ3) is 3.88. The van der Waals surface area contributed by atoms with Gasteiger partial charge in [0.1, 0.15) is 0 Å². The normalized spacial score (nSPS) is 35.2. The van der Waals surface area contributed by atoms with Gasteiger partial charge in [-0.15, -0.1) is 0 Å². The van der Waals surface area contributed by atoms with Crippen molar-refractivity contribution < 1.29 is 9.59 Å². The standard InChI is InChI=1S/C23H30N4O2S/c1-23(21(29)26-22(30-23)25-19-13-16-2-3-18(19)12-16)14-15-6-10-27(11-7-15)20(28)17-4-8-24-9-5-17/h4-5,8-9,15-16,18-19H,2-3,6-7,10-14H2,1H3,(H,25,26,29)/t16-,18+,19+,23?/m1/s1. The number of nitrogens with zero attached hydrogens (tertiary/aromatic N) is 3. The van der Waals surface area contributed by atoms with Crippen LogP contribution in [0.1, 0.15) is 62.2 Å². The highest BCUT2D eigenvalue weighted by Gasteiger charge is 2.46. The van der Waals surface area contributed by atoms with E-state index in [4.69, 9.17) is 4.99 Å². The average molecular weight is 427 g/mol. The van der Waals surface area contributed by atoms with E-state index in [1.54, 1.807) is 36.3 Å². The van der Waals surface area contributed by atoms with Gasteiger partial charge in [-0.3, -0.25) is 19.6 Å². The van der Waals surface area contributed by atoms with E-state index >= 15 is 0 Å². The van der Waals surface area contributed by atoms with Crippen LogP contribution in [0, 0.1) is 17.8 Å². The van der Waals surface area contributed by atoms with Gasteiger partial charge >= 0.3 is 0 Å². The second kappa shape index (κ2) is 7.98. The molecule has 0 aromatic carbocycles. The minimum atomic E-state index is -0.446. The Hall–Kier alpha value is -1.89. The number of aromatic nitrogens is 1. The van der Waals surface area contributed by atoms with Crippen molar-refractivity contribution in [3.8, 4) is 0 Å². The van der Waals surface area contributed by atoms with E-state index in [1.807, 2.05) is 4.90 Å². The van der Waals surface area contributed by atoms with E-state index in [1.165, 1.54) is 25.7 Å². The number of aliphatic imine (C=N–C) groups is 1. The Labute approximate surface area is 182 Å². The fraction of sp³-hybridized carbons (Fsp3) is 0.652. The summed E-state index contributed by atoms with van der Waals surface area (Å²) in [5.74, 6) is 2.23. The fourth-order valence-corrected chi connectivity index (χ4v) is 7.02. The van der Waals surface area contributed by atoms with Crippen molar-refractivity contribution in [2.24, 2.45) is 22.7 Å². The van der Waals surface area contributed by atoms with Crippen LogP contribution in [0.4, 0.5) is 0 Å². The first-order chi connectivity index (χ1) is 14.5. The van der Waals surface area contributed by atoms with Gasteiger partial charge in [0.05, 0.1) is 10.8 Å². The Kier molecular flexibility index (Phi) is 5.33. The molecule has 1 unspecified atom stereocenters. The lowest BCUT2D eigenvalue weighted by molar-refractivity contribution is -0.121. The maximum atomic E-state index is 12.8. The first kappa shape index (κ1) is 20.0. The number of amidine groups is 1. The van der Waals surface area contributed by atoms with Gasteiger partial charge in [-0.2, -0.15) is 0 Å². The molecule has 5 rings (SSSR count). The molecule has 0 spiro atoms. The predicted molar refractivity (Wildman–Crippen MR) is 118 cm³/mol. The molecule has 1 N–H and O–H groups in total. The molecule has 160 valence electrons. The smallest absolute Gasteiger partial charge is 0.253 e. The number of amides is 2. The first-order valence-electron chi connectivity index (χ1n) is 11.3. The van der Waals surface area contributed by atoms with Gasteiger partial charge in [-0.05, 0) is 75.3 Å². The fourth-order valence-electron chi connectivity index (χ4n) is 5.80. The summed E-state index contributed by atoms with van der Waals surface area (Å²) in [5.41, 5.74) is 0.697. The number of carbonyl (C=O) groups is 2. The van der Waals surface area contributed by atoms with E-state index in [0.717, 1.165) is 49.4 Å². The molecule has 0 radical (unpaired) electrons. The van der Waals surface area contributed by atoms with Crippen LogP contribution in [-0.2, 0) is 4.79 Å². The molecule has 7 heteroatoms. The average Bonchev–Trinajstić information content (AvgIpc) is 3.44. The van der Waals surface area contributed by atoms with Gasteiger partial charge in [0.2, 0.25) is 5.91 Å². The van der Waals surface area contributed by atoms with Gasteiger partial charge in [0.25, 0.3) is 5.91 Å². The van der Waals surface area contributed by atoms with Crippen molar-refractivity contribution in [3.05, 3.63) is 30.1 Å². The topological polar surface area (TPSA) is 74.7 Å². The van der Waals surface area contributed by atoms with Crippen molar-refractivity contribution in [1.29, 1.82) is 0 Å². The van der Waals surface area contributed by atoms with E-state index in [9.17, 15) is 9.59 Å². The Morgan fingerprint density at radius 1 is 1.23 bits per heavy atom. The molecule has 30 heavy (non-hydrogen) atoms. The SMILES string of the molecule is CC1(CC2CCN(C(=O)c3ccncc3)CC2)SC(=N[C@H]2C[C@@H]3CC[C@H]2C3)NC1=O. The van der Waals surface area contributed by atoms with Gasteiger partial charge in [0.15, 0.2) is 5.17 Å². The van der Waals surface area contributed by atoms with Crippen molar-refractivity contribution >= 4 is 28.7 Å². The lowest BCUT2D eigenvalue weighted by atomic mass is 9.87. The number of pyridine rings is 1. The molecule has 2 saturated carbocycles. The minimum absolute atomic E-state index is 0.0790. The maximum absolute atomic E-state index is 12.8. The lowest BCUT2D eigenvalue weighted by Gasteiger charge is -2.34. The summed E-state index contributed by atoms with van der Waals surface area (Å²) >= 11 is 1.63. The van der Waals surface area contributed by atoms with Gasteiger partial charge in [-0.25, -0.2) is 0 Å². The monoisotopic (exact) mass is 426 g/mol. The predicted octanol–water partition coefficient (Wildman–Crippen LogP) is 3.49. The molecule has 1 aromatic heterocycles. The summed E-state index contributed by atoms with van der Waals surface area (Å²) in [6.45, 7) is 3.56. The molecule has 4 aliphatic rings. The summed E-state index contributed by atoms with van der Waals surface area (Å²) < 4.78 is -0.446. The number of fused-ring (bicyclic) bond motifs is 2. The zero-order valence-corrected chi connectivity index (χ0v) is 18.4. The largest absolute Gasteiger partial charge is 0.339 e. The molecule has 2 aliphatic carbocycles. The molecule has 2 saturated heterocycles. The zero-order valence-electron chi connectivity index (χ0n) is 17.5. The second-order valence-corrected chi connectivity index (χ2v) is 11.1. The Morgan fingerprint density at radius 2 is 2.00 bits per heavy atom. The number of piperidine rings is 1.